The van der Waals surface area contributed by atoms with Gasteiger partial charge in [-0.15, -0.1) is 0 Å². The van der Waals surface area contributed by atoms with Crippen molar-refractivity contribution in [1.82, 2.24) is 0 Å². The standard InChI is InChI=1S/C6H7F2I/c7-4-1-2-6(9)5(8)3-4/h1-2,4-6H,3H2. The molecule has 3 unspecified atom stereocenters. The lowest BCUT2D eigenvalue weighted by molar-refractivity contribution is 0.247. The average Bonchev–Trinajstić information content (AvgIpc) is 1.80. The third-order valence-corrected chi connectivity index (χ3v) is 2.50. The summed E-state index contributed by atoms with van der Waals surface area (Å²) in [5.41, 5.74) is 0. The van der Waals surface area contributed by atoms with Crippen molar-refractivity contribution in [2.24, 2.45) is 0 Å². The van der Waals surface area contributed by atoms with E-state index in [4.69, 9.17) is 0 Å². The molecule has 3 atom stereocenters. The second-order valence-corrected chi connectivity index (χ2v) is 3.54. The van der Waals surface area contributed by atoms with E-state index in [9.17, 15) is 8.78 Å². The lowest BCUT2D eigenvalue weighted by atomic mass is 10.0. The Morgan fingerprint density at radius 2 is 2.00 bits per heavy atom. The van der Waals surface area contributed by atoms with Crippen molar-refractivity contribution in [3.05, 3.63) is 12.2 Å². The molecule has 1 rings (SSSR count). The predicted octanol–water partition coefficient (Wildman–Crippen LogP) is 2.43. The molecule has 0 radical (unpaired) electrons. The molecular weight excluding hydrogens is 237 g/mol. The van der Waals surface area contributed by atoms with Gasteiger partial charge in [0.05, 0.1) is 3.92 Å². The molecule has 1 aliphatic carbocycles. The number of rotatable bonds is 0. The summed E-state index contributed by atoms with van der Waals surface area (Å²) in [6, 6.07) is 0. The van der Waals surface area contributed by atoms with Crippen molar-refractivity contribution in [3.8, 4) is 0 Å². The van der Waals surface area contributed by atoms with Gasteiger partial charge in [0.2, 0.25) is 0 Å². The molecular formula is C6H7F2I. The molecule has 0 amide bonds. The average molecular weight is 244 g/mol. The van der Waals surface area contributed by atoms with Crippen molar-refractivity contribution in [3.63, 3.8) is 0 Å². The van der Waals surface area contributed by atoms with Crippen LogP contribution in [0.1, 0.15) is 6.42 Å². The van der Waals surface area contributed by atoms with Gasteiger partial charge in [0, 0.05) is 6.42 Å². The summed E-state index contributed by atoms with van der Waals surface area (Å²) in [7, 11) is 0. The minimum absolute atomic E-state index is 0.0319. The highest BCUT2D eigenvalue weighted by molar-refractivity contribution is 14.1. The Balaban J connectivity index is 2.54. The normalized spacial score (nSPS) is 43.2. The summed E-state index contributed by atoms with van der Waals surface area (Å²) < 4.78 is 24.7. The molecule has 0 aromatic rings. The highest BCUT2D eigenvalue weighted by Gasteiger charge is 2.23. The number of hydrogen-bond acceptors (Lipinski definition) is 0. The van der Waals surface area contributed by atoms with Crippen LogP contribution in [0, 0.1) is 0 Å². The van der Waals surface area contributed by atoms with Crippen LogP contribution in [0.4, 0.5) is 8.78 Å². The first-order chi connectivity index (χ1) is 4.20. The highest BCUT2D eigenvalue weighted by Crippen LogP contribution is 2.23. The maximum atomic E-state index is 12.5. The number of hydrogen-bond donors (Lipinski definition) is 0. The molecule has 3 heteroatoms. The lowest BCUT2D eigenvalue weighted by Crippen LogP contribution is -2.22. The highest BCUT2D eigenvalue weighted by atomic mass is 127. The summed E-state index contributed by atoms with van der Waals surface area (Å²) in [5.74, 6) is 0. The first kappa shape index (κ1) is 7.44. The molecule has 0 aliphatic heterocycles. The van der Waals surface area contributed by atoms with E-state index in [1.165, 1.54) is 6.08 Å². The van der Waals surface area contributed by atoms with Crippen LogP contribution in [0.15, 0.2) is 12.2 Å². The maximum Gasteiger partial charge on any atom is 0.121 e. The molecule has 0 aromatic heterocycles. The predicted molar refractivity (Wildman–Crippen MR) is 41.4 cm³/mol. The Kier molecular flexibility index (Phi) is 2.43. The van der Waals surface area contributed by atoms with Gasteiger partial charge in [-0.2, -0.15) is 0 Å². The monoisotopic (exact) mass is 244 g/mol. The fourth-order valence-corrected chi connectivity index (χ4v) is 1.30. The molecule has 0 N–H and O–H groups in total. The Bertz CT molecular complexity index is 124. The molecule has 0 spiro atoms. The van der Waals surface area contributed by atoms with Gasteiger partial charge in [-0.1, -0.05) is 34.7 Å². The number of allylic oxidation sites excluding steroid dienone is 2. The molecule has 9 heavy (non-hydrogen) atoms. The summed E-state index contributed by atoms with van der Waals surface area (Å²) in [6.07, 6.45) is 0.980. The van der Waals surface area contributed by atoms with E-state index in [1.54, 1.807) is 6.08 Å². The number of alkyl halides is 3. The fraction of sp³-hybridized carbons (Fsp3) is 0.667. The lowest BCUT2D eigenvalue weighted by Gasteiger charge is -2.17. The minimum atomic E-state index is -1.06. The Hall–Kier alpha value is 0.330. The van der Waals surface area contributed by atoms with E-state index in [1.807, 2.05) is 22.6 Å². The first-order valence-electron chi connectivity index (χ1n) is 2.80. The molecule has 0 nitrogen and oxygen atoms in total. The van der Waals surface area contributed by atoms with Crippen LogP contribution >= 0.6 is 22.6 Å². The zero-order chi connectivity index (χ0) is 6.85. The van der Waals surface area contributed by atoms with Crippen LogP contribution in [-0.2, 0) is 0 Å². The minimum Gasteiger partial charge on any atom is -0.246 e. The van der Waals surface area contributed by atoms with Crippen LogP contribution in [0.2, 0.25) is 0 Å². The quantitative estimate of drug-likeness (QED) is 0.348. The van der Waals surface area contributed by atoms with Crippen molar-refractivity contribution in [2.45, 2.75) is 22.7 Å². The molecule has 0 aromatic carbocycles. The van der Waals surface area contributed by atoms with Crippen molar-refractivity contribution < 1.29 is 8.78 Å². The Morgan fingerprint density at radius 1 is 1.33 bits per heavy atom. The largest absolute Gasteiger partial charge is 0.246 e. The molecule has 0 heterocycles. The zero-order valence-corrected chi connectivity index (χ0v) is 6.89. The molecule has 0 fully saturated rings. The van der Waals surface area contributed by atoms with Crippen LogP contribution in [-0.4, -0.2) is 16.3 Å². The third kappa shape index (κ3) is 1.88. The summed E-state index contributed by atoms with van der Waals surface area (Å²) >= 11 is 1.96. The van der Waals surface area contributed by atoms with Crippen LogP contribution < -0.4 is 0 Å². The summed E-state index contributed by atoms with van der Waals surface area (Å²) in [4.78, 5) is 0. The molecule has 52 valence electrons. The molecule has 0 bridgehead atoms. The topological polar surface area (TPSA) is 0 Å². The number of halogens is 3. The van der Waals surface area contributed by atoms with Gasteiger partial charge in [0.15, 0.2) is 0 Å². The van der Waals surface area contributed by atoms with Gasteiger partial charge in [-0.3, -0.25) is 0 Å². The van der Waals surface area contributed by atoms with E-state index < -0.39 is 12.3 Å². The molecule has 0 saturated carbocycles. The third-order valence-electron chi connectivity index (χ3n) is 1.30. The van der Waals surface area contributed by atoms with E-state index in [2.05, 4.69) is 0 Å². The Morgan fingerprint density at radius 3 is 2.44 bits per heavy atom. The van der Waals surface area contributed by atoms with E-state index in [-0.39, 0.29) is 10.3 Å². The van der Waals surface area contributed by atoms with Gasteiger partial charge in [-0.05, 0) is 0 Å². The van der Waals surface area contributed by atoms with Gasteiger partial charge >= 0.3 is 0 Å². The van der Waals surface area contributed by atoms with E-state index >= 15 is 0 Å². The fourth-order valence-electron chi connectivity index (χ4n) is 0.771. The van der Waals surface area contributed by atoms with Crippen LogP contribution in [0.5, 0.6) is 0 Å². The van der Waals surface area contributed by atoms with E-state index in [0.717, 1.165) is 0 Å². The molecule has 1 aliphatic rings. The van der Waals surface area contributed by atoms with Crippen LogP contribution in [0.25, 0.3) is 0 Å². The van der Waals surface area contributed by atoms with Gasteiger partial charge in [-0.25, -0.2) is 8.78 Å². The SMILES string of the molecule is FC1C=CC(I)C(F)C1. The molecule has 0 saturated heterocycles. The smallest absolute Gasteiger partial charge is 0.121 e. The second kappa shape index (κ2) is 2.94. The Labute approximate surface area is 66.5 Å². The van der Waals surface area contributed by atoms with Crippen LogP contribution in [0.3, 0.4) is 0 Å². The van der Waals surface area contributed by atoms with Gasteiger partial charge in [0.25, 0.3) is 0 Å². The van der Waals surface area contributed by atoms with Crippen molar-refractivity contribution in [1.29, 1.82) is 0 Å². The van der Waals surface area contributed by atoms with Gasteiger partial charge < -0.3 is 0 Å². The summed E-state index contributed by atoms with van der Waals surface area (Å²) in [6.45, 7) is 0. The second-order valence-electron chi connectivity index (χ2n) is 2.10. The van der Waals surface area contributed by atoms with Gasteiger partial charge in [0.1, 0.15) is 12.3 Å². The van der Waals surface area contributed by atoms with Crippen molar-refractivity contribution >= 4 is 22.6 Å². The zero-order valence-electron chi connectivity index (χ0n) is 4.73. The maximum absolute atomic E-state index is 12.5. The first-order valence-corrected chi connectivity index (χ1v) is 4.05. The van der Waals surface area contributed by atoms with Crippen molar-refractivity contribution in [2.75, 3.05) is 0 Å². The van der Waals surface area contributed by atoms with E-state index in [0.29, 0.717) is 0 Å². The summed E-state index contributed by atoms with van der Waals surface area (Å²) in [5, 5.41) is 0.